The number of halogens is 1. The lowest BCUT2D eigenvalue weighted by Crippen LogP contribution is -2.42. The van der Waals surface area contributed by atoms with Crippen LogP contribution < -0.4 is 0 Å². The first-order valence-corrected chi connectivity index (χ1v) is 6.18. The van der Waals surface area contributed by atoms with Crippen LogP contribution in [0.3, 0.4) is 0 Å². The van der Waals surface area contributed by atoms with Crippen LogP contribution in [0.2, 0.25) is 5.02 Å². The standard InChI is InChI=1S/C13H14ClNO3/c1-8-6-7-15(11(8)13(17)18)12(16)9-2-4-10(14)5-3-9/h2-5,8,11H,6-7H2,1H3,(H,17,18). The number of hydrogen-bond donors (Lipinski definition) is 1. The van der Waals surface area contributed by atoms with Crippen LogP contribution in [0.4, 0.5) is 0 Å². The Kier molecular flexibility index (Phi) is 3.57. The molecule has 5 heteroatoms. The predicted molar refractivity (Wildman–Crippen MR) is 67.7 cm³/mol. The zero-order chi connectivity index (χ0) is 13.3. The Morgan fingerprint density at radius 1 is 1.33 bits per heavy atom. The minimum absolute atomic E-state index is 0.0150. The molecule has 2 unspecified atom stereocenters. The van der Waals surface area contributed by atoms with E-state index in [0.717, 1.165) is 6.42 Å². The Bertz CT molecular complexity index is 472. The summed E-state index contributed by atoms with van der Waals surface area (Å²) in [5.41, 5.74) is 0.472. The second kappa shape index (κ2) is 4.98. The molecule has 2 atom stereocenters. The number of aliphatic carboxylic acids is 1. The highest BCUT2D eigenvalue weighted by Crippen LogP contribution is 2.26. The Morgan fingerprint density at radius 2 is 1.94 bits per heavy atom. The minimum atomic E-state index is -0.942. The molecule has 18 heavy (non-hydrogen) atoms. The van der Waals surface area contributed by atoms with Gasteiger partial charge in [0.25, 0.3) is 5.91 Å². The molecular weight excluding hydrogens is 254 g/mol. The van der Waals surface area contributed by atoms with E-state index < -0.39 is 12.0 Å². The van der Waals surface area contributed by atoms with Gasteiger partial charge in [-0.15, -0.1) is 0 Å². The lowest BCUT2D eigenvalue weighted by Gasteiger charge is -2.23. The van der Waals surface area contributed by atoms with Gasteiger partial charge in [-0.25, -0.2) is 4.79 Å². The maximum absolute atomic E-state index is 12.2. The van der Waals surface area contributed by atoms with Crippen molar-refractivity contribution in [3.8, 4) is 0 Å². The van der Waals surface area contributed by atoms with Crippen molar-refractivity contribution in [2.45, 2.75) is 19.4 Å². The van der Waals surface area contributed by atoms with Crippen LogP contribution in [-0.4, -0.2) is 34.5 Å². The van der Waals surface area contributed by atoms with Gasteiger partial charge in [0.2, 0.25) is 0 Å². The largest absolute Gasteiger partial charge is 0.480 e. The number of amides is 1. The van der Waals surface area contributed by atoms with Crippen molar-refractivity contribution < 1.29 is 14.7 Å². The van der Waals surface area contributed by atoms with Gasteiger partial charge < -0.3 is 10.0 Å². The van der Waals surface area contributed by atoms with Crippen LogP contribution in [0.15, 0.2) is 24.3 Å². The van der Waals surface area contributed by atoms with Crippen LogP contribution in [0.5, 0.6) is 0 Å². The monoisotopic (exact) mass is 267 g/mol. The van der Waals surface area contributed by atoms with Gasteiger partial charge in [0, 0.05) is 17.1 Å². The molecule has 0 spiro atoms. The normalized spacial score (nSPS) is 23.1. The fourth-order valence-corrected chi connectivity index (χ4v) is 2.44. The molecule has 1 amide bonds. The molecule has 1 aromatic rings. The molecule has 2 rings (SSSR count). The fourth-order valence-electron chi connectivity index (χ4n) is 2.31. The molecule has 0 bridgehead atoms. The summed E-state index contributed by atoms with van der Waals surface area (Å²) in [4.78, 5) is 24.9. The van der Waals surface area contributed by atoms with Crippen LogP contribution in [0.1, 0.15) is 23.7 Å². The zero-order valence-corrected chi connectivity index (χ0v) is 10.7. The molecule has 0 aromatic heterocycles. The van der Waals surface area contributed by atoms with Crippen LogP contribution >= 0.6 is 11.6 Å². The van der Waals surface area contributed by atoms with Crippen LogP contribution in [0, 0.1) is 5.92 Å². The third kappa shape index (κ3) is 2.34. The summed E-state index contributed by atoms with van der Waals surface area (Å²) in [7, 11) is 0. The lowest BCUT2D eigenvalue weighted by atomic mass is 10.0. The van der Waals surface area contributed by atoms with Gasteiger partial charge in [0.05, 0.1) is 0 Å². The van der Waals surface area contributed by atoms with Gasteiger partial charge in [-0.3, -0.25) is 4.79 Å². The van der Waals surface area contributed by atoms with Crippen molar-refractivity contribution in [3.05, 3.63) is 34.9 Å². The fraction of sp³-hybridized carbons (Fsp3) is 0.385. The average Bonchev–Trinajstić information content (AvgIpc) is 2.71. The highest BCUT2D eigenvalue weighted by Gasteiger charge is 2.39. The summed E-state index contributed by atoms with van der Waals surface area (Å²) in [5, 5.41) is 9.73. The highest BCUT2D eigenvalue weighted by molar-refractivity contribution is 6.30. The van der Waals surface area contributed by atoms with Crippen LogP contribution in [-0.2, 0) is 4.79 Å². The molecule has 1 fully saturated rings. The molecule has 96 valence electrons. The Labute approximate surface area is 110 Å². The maximum atomic E-state index is 12.2. The molecular formula is C13H14ClNO3. The van der Waals surface area contributed by atoms with E-state index in [1.807, 2.05) is 6.92 Å². The van der Waals surface area contributed by atoms with Gasteiger partial charge in [0.15, 0.2) is 0 Å². The minimum Gasteiger partial charge on any atom is -0.480 e. The van der Waals surface area contributed by atoms with Gasteiger partial charge in [-0.1, -0.05) is 18.5 Å². The van der Waals surface area contributed by atoms with Gasteiger partial charge >= 0.3 is 5.97 Å². The quantitative estimate of drug-likeness (QED) is 0.894. The molecule has 1 aliphatic heterocycles. The van der Waals surface area contributed by atoms with Crippen LogP contribution in [0.25, 0.3) is 0 Å². The molecule has 1 saturated heterocycles. The van der Waals surface area contributed by atoms with E-state index in [4.69, 9.17) is 11.6 Å². The lowest BCUT2D eigenvalue weighted by molar-refractivity contribution is -0.142. The third-order valence-corrected chi connectivity index (χ3v) is 3.56. The smallest absolute Gasteiger partial charge is 0.326 e. The number of likely N-dealkylation sites (tertiary alicyclic amines) is 1. The van der Waals surface area contributed by atoms with E-state index in [1.54, 1.807) is 24.3 Å². The summed E-state index contributed by atoms with van der Waals surface area (Å²) in [6.45, 7) is 2.34. The van der Waals surface area contributed by atoms with Crippen molar-refractivity contribution in [2.75, 3.05) is 6.54 Å². The first-order valence-electron chi connectivity index (χ1n) is 5.80. The number of carboxylic acid groups (broad SMARTS) is 1. The topological polar surface area (TPSA) is 57.6 Å². The molecule has 0 radical (unpaired) electrons. The van der Waals surface area contributed by atoms with E-state index in [-0.39, 0.29) is 11.8 Å². The predicted octanol–water partition coefficient (Wildman–Crippen LogP) is 2.28. The van der Waals surface area contributed by atoms with Crippen molar-refractivity contribution in [2.24, 2.45) is 5.92 Å². The van der Waals surface area contributed by atoms with Crippen molar-refractivity contribution >= 4 is 23.5 Å². The maximum Gasteiger partial charge on any atom is 0.326 e. The Balaban J connectivity index is 2.23. The Morgan fingerprint density at radius 3 is 2.50 bits per heavy atom. The summed E-state index contributed by atoms with van der Waals surface area (Å²) in [6, 6.07) is 5.76. The van der Waals surface area contributed by atoms with E-state index in [9.17, 15) is 14.7 Å². The summed E-state index contributed by atoms with van der Waals surface area (Å²) in [6.07, 6.45) is 0.719. The molecule has 4 nitrogen and oxygen atoms in total. The number of nitrogens with zero attached hydrogens (tertiary/aromatic N) is 1. The number of hydrogen-bond acceptors (Lipinski definition) is 2. The van der Waals surface area contributed by atoms with E-state index in [0.29, 0.717) is 17.1 Å². The van der Waals surface area contributed by atoms with Gasteiger partial charge in [0.1, 0.15) is 6.04 Å². The first-order chi connectivity index (χ1) is 8.50. The zero-order valence-electron chi connectivity index (χ0n) is 9.97. The number of carboxylic acids is 1. The van der Waals surface area contributed by atoms with Crippen molar-refractivity contribution in [3.63, 3.8) is 0 Å². The summed E-state index contributed by atoms with van der Waals surface area (Å²) < 4.78 is 0. The molecule has 1 heterocycles. The van der Waals surface area contributed by atoms with E-state index in [2.05, 4.69) is 0 Å². The second-order valence-electron chi connectivity index (χ2n) is 4.55. The molecule has 0 aliphatic carbocycles. The highest BCUT2D eigenvalue weighted by atomic mass is 35.5. The average molecular weight is 268 g/mol. The van der Waals surface area contributed by atoms with Crippen molar-refractivity contribution in [1.29, 1.82) is 0 Å². The summed E-state index contributed by atoms with van der Waals surface area (Å²) in [5.74, 6) is -1.20. The number of benzene rings is 1. The number of rotatable bonds is 2. The second-order valence-corrected chi connectivity index (χ2v) is 4.99. The number of carbonyl (C=O) groups is 2. The van der Waals surface area contributed by atoms with E-state index >= 15 is 0 Å². The van der Waals surface area contributed by atoms with Gasteiger partial charge in [-0.05, 0) is 36.6 Å². The number of carbonyl (C=O) groups excluding carboxylic acids is 1. The summed E-state index contributed by atoms with van der Waals surface area (Å²) >= 11 is 5.76. The van der Waals surface area contributed by atoms with Crippen molar-refractivity contribution in [1.82, 2.24) is 4.90 Å². The SMILES string of the molecule is CC1CCN(C(=O)c2ccc(Cl)cc2)C1C(=O)O. The first kappa shape index (κ1) is 12.9. The van der Waals surface area contributed by atoms with Gasteiger partial charge in [-0.2, -0.15) is 0 Å². The Hall–Kier alpha value is -1.55. The third-order valence-electron chi connectivity index (χ3n) is 3.31. The molecule has 1 N–H and O–H groups in total. The molecule has 1 aromatic carbocycles. The van der Waals surface area contributed by atoms with E-state index in [1.165, 1.54) is 4.90 Å². The molecule has 0 saturated carbocycles. The molecule has 1 aliphatic rings.